The summed E-state index contributed by atoms with van der Waals surface area (Å²) in [5.41, 5.74) is 0.235. The molecule has 0 saturated heterocycles. The largest absolute Gasteiger partial charge is 0.495 e. The van der Waals surface area contributed by atoms with Crippen molar-refractivity contribution in [3.05, 3.63) is 58.1 Å². The number of sulfonamides is 1. The van der Waals surface area contributed by atoms with Crippen molar-refractivity contribution in [1.29, 1.82) is 0 Å². The molecule has 11 heteroatoms. The molecule has 0 unspecified atom stereocenters. The summed E-state index contributed by atoms with van der Waals surface area (Å²) in [6, 6.07) is 10.4. The summed E-state index contributed by atoms with van der Waals surface area (Å²) >= 11 is 12.3. The van der Waals surface area contributed by atoms with Gasteiger partial charge in [-0.2, -0.15) is 0 Å². The first-order valence-electron chi connectivity index (χ1n) is 10.8. The Balaban J connectivity index is 2.48. The Hall–Kier alpha value is -2.49. The lowest BCUT2D eigenvalue weighted by Gasteiger charge is -2.33. The zero-order valence-electron chi connectivity index (χ0n) is 20.6. The summed E-state index contributed by atoms with van der Waals surface area (Å²) in [6.07, 6.45) is 1.00. The van der Waals surface area contributed by atoms with Gasteiger partial charge < -0.3 is 15.0 Å². The fraction of sp³-hybridized carbons (Fsp3) is 0.417. The lowest BCUT2D eigenvalue weighted by Crippen LogP contribution is -2.54. The lowest BCUT2D eigenvalue weighted by atomic mass is 10.1. The zero-order valence-corrected chi connectivity index (χ0v) is 23.0. The number of carbonyl (C=O) groups is 2. The number of nitrogens with one attached hydrogen (secondary N) is 1. The molecule has 0 aliphatic rings. The van der Waals surface area contributed by atoms with Crippen molar-refractivity contribution in [2.24, 2.45) is 0 Å². The van der Waals surface area contributed by atoms with Crippen molar-refractivity contribution in [2.75, 3.05) is 24.2 Å². The van der Waals surface area contributed by atoms with Gasteiger partial charge in [-0.1, -0.05) is 41.4 Å². The van der Waals surface area contributed by atoms with Gasteiger partial charge in [0.05, 0.1) is 19.1 Å². The van der Waals surface area contributed by atoms with Crippen molar-refractivity contribution < 1.29 is 22.7 Å². The zero-order chi connectivity index (χ0) is 26.6. The Morgan fingerprint density at radius 3 is 2.29 bits per heavy atom. The fourth-order valence-electron chi connectivity index (χ4n) is 3.32. The quantitative estimate of drug-likeness (QED) is 0.513. The number of anilines is 1. The van der Waals surface area contributed by atoms with Crippen LogP contribution in [0.5, 0.6) is 5.75 Å². The number of rotatable bonds is 9. The second kappa shape index (κ2) is 11.5. The molecular formula is C24H31Cl2N3O5S. The van der Waals surface area contributed by atoms with E-state index in [0.717, 1.165) is 10.6 Å². The standard InChI is InChI=1S/C24H31Cl2N3O5S/c1-16(23(31)27-24(2,3)4)28(14-17-11-12-18(25)13-19(17)26)22(30)15-29(35(6,32)33)20-9-7-8-10-21(20)34-5/h7-13,16H,14-15H2,1-6H3,(H,27,31)/t16-/m0/s1. The number of para-hydroxylation sites is 2. The number of nitrogens with zero attached hydrogens (tertiary/aromatic N) is 2. The highest BCUT2D eigenvalue weighted by molar-refractivity contribution is 7.92. The molecule has 0 aliphatic heterocycles. The van der Waals surface area contributed by atoms with E-state index in [1.807, 2.05) is 20.8 Å². The predicted octanol–water partition coefficient (Wildman–Crippen LogP) is 4.10. The molecule has 0 fully saturated rings. The summed E-state index contributed by atoms with van der Waals surface area (Å²) in [5, 5.41) is 3.61. The third-order valence-electron chi connectivity index (χ3n) is 5.05. The molecule has 2 aromatic carbocycles. The van der Waals surface area contributed by atoms with E-state index in [1.54, 1.807) is 49.4 Å². The second-order valence-corrected chi connectivity index (χ2v) is 11.9. The SMILES string of the molecule is COc1ccccc1N(CC(=O)N(Cc1ccc(Cl)cc1Cl)[C@@H](C)C(=O)NC(C)(C)C)S(C)(=O)=O. The lowest BCUT2D eigenvalue weighted by molar-refractivity contribution is -0.140. The van der Waals surface area contributed by atoms with Crippen LogP contribution in [0.15, 0.2) is 42.5 Å². The number of carbonyl (C=O) groups excluding carboxylic acids is 2. The van der Waals surface area contributed by atoms with Gasteiger partial charge in [-0.15, -0.1) is 0 Å². The molecule has 0 aromatic heterocycles. The minimum Gasteiger partial charge on any atom is -0.495 e. The van der Waals surface area contributed by atoms with Crippen LogP contribution in [0.4, 0.5) is 5.69 Å². The highest BCUT2D eigenvalue weighted by atomic mass is 35.5. The van der Waals surface area contributed by atoms with Crippen LogP contribution in [-0.2, 0) is 26.2 Å². The van der Waals surface area contributed by atoms with Crippen LogP contribution in [0.1, 0.15) is 33.3 Å². The maximum atomic E-state index is 13.6. The Labute approximate surface area is 217 Å². The van der Waals surface area contributed by atoms with Gasteiger partial charge in [0, 0.05) is 22.1 Å². The Kier molecular flexibility index (Phi) is 9.44. The molecular weight excluding hydrogens is 513 g/mol. The van der Waals surface area contributed by atoms with Crippen molar-refractivity contribution in [2.45, 2.75) is 45.8 Å². The fourth-order valence-corrected chi connectivity index (χ4v) is 4.64. The van der Waals surface area contributed by atoms with E-state index >= 15 is 0 Å². The average molecular weight is 545 g/mol. The summed E-state index contributed by atoms with van der Waals surface area (Å²) in [6.45, 7) is 6.48. The van der Waals surface area contributed by atoms with Gasteiger partial charge in [0.15, 0.2) is 0 Å². The number of amides is 2. The first kappa shape index (κ1) is 28.7. The van der Waals surface area contributed by atoms with Gasteiger partial charge in [-0.25, -0.2) is 8.42 Å². The maximum absolute atomic E-state index is 13.6. The molecule has 0 spiro atoms. The van der Waals surface area contributed by atoms with Crippen LogP contribution < -0.4 is 14.4 Å². The Bertz CT molecular complexity index is 1180. The predicted molar refractivity (Wildman–Crippen MR) is 140 cm³/mol. The molecule has 2 amide bonds. The van der Waals surface area contributed by atoms with Crippen molar-refractivity contribution >= 4 is 50.7 Å². The smallest absolute Gasteiger partial charge is 0.244 e. The molecule has 0 aliphatic carbocycles. The molecule has 35 heavy (non-hydrogen) atoms. The summed E-state index contributed by atoms with van der Waals surface area (Å²) in [4.78, 5) is 27.9. The second-order valence-electron chi connectivity index (χ2n) is 9.11. The van der Waals surface area contributed by atoms with E-state index in [0.29, 0.717) is 15.6 Å². The molecule has 0 bridgehead atoms. The molecule has 0 radical (unpaired) electrons. The number of methoxy groups -OCH3 is 1. The van der Waals surface area contributed by atoms with Gasteiger partial charge in [-0.05, 0) is 57.5 Å². The van der Waals surface area contributed by atoms with Crippen molar-refractivity contribution in [1.82, 2.24) is 10.2 Å². The third kappa shape index (κ3) is 8.02. The third-order valence-corrected chi connectivity index (χ3v) is 6.77. The van der Waals surface area contributed by atoms with E-state index in [9.17, 15) is 18.0 Å². The van der Waals surface area contributed by atoms with Crippen molar-refractivity contribution in [3.63, 3.8) is 0 Å². The van der Waals surface area contributed by atoms with E-state index in [-0.39, 0.29) is 23.9 Å². The maximum Gasteiger partial charge on any atom is 0.244 e. The number of benzene rings is 2. The summed E-state index contributed by atoms with van der Waals surface area (Å²) < 4.78 is 31.6. The minimum atomic E-state index is -3.88. The normalized spacial score (nSPS) is 12.6. The molecule has 0 saturated carbocycles. The van der Waals surface area contributed by atoms with E-state index in [2.05, 4.69) is 5.32 Å². The van der Waals surface area contributed by atoms with Crippen molar-refractivity contribution in [3.8, 4) is 5.75 Å². The highest BCUT2D eigenvalue weighted by Crippen LogP contribution is 2.30. The van der Waals surface area contributed by atoms with E-state index < -0.39 is 34.1 Å². The molecule has 192 valence electrons. The van der Waals surface area contributed by atoms with Crippen LogP contribution in [0.25, 0.3) is 0 Å². The number of ether oxygens (including phenoxy) is 1. The van der Waals surface area contributed by atoms with Crippen LogP contribution in [0.3, 0.4) is 0 Å². The molecule has 2 rings (SSSR count). The molecule has 0 heterocycles. The molecule has 2 aromatic rings. The van der Waals surface area contributed by atoms with Gasteiger partial charge in [0.25, 0.3) is 0 Å². The van der Waals surface area contributed by atoms with Crippen LogP contribution >= 0.6 is 23.2 Å². The van der Waals surface area contributed by atoms with Gasteiger partial charge in [0.2, 0.25) is 21.8 Å². The minimum absolute atomic E-state index is 0.0307. The summed E-state index contributed by atoms with van der Waals surface area (Å²) in [7, 11) is -2.47. The Morgan fingerprint density at radius 1 is 1.11 bits per heavy atom. The van der Waals surface area contributed by atoms with E-state index in [4.69, 9.17) is 27.9 Å². The average Bonchev–Trinajstić information content (AvgIpc) is 2.74. The number of halogens is 2. The highest BCUT2D eigenvalue weighted by Gasteiger charge is 2.32. The topological polar surface area (TPSA) is 96.0 Å². The molecule has 1 N–H and O–H groups in total. The Morgan fingerprint density at radius 2 is 1.74 bits per heavy atom. The van der Waals surface area contributed by atoms with Crippen LogP contribution in [0, 0.1) is 0 Å². The summed E-state index contributed by atoms with van der Waals surface area (Å²) in [5.74, 6) is -0.695. The van der Waals surface area contributed by atoms with Crippen LogP contribution in [0.2, 0.25) is 10.0 Å². The number of hydrogen-bond donors (Lipinski definition) is 1. The first-order valence-corrected chi connectivity index (χ1v) is 13.4. The monoisotopic (exact) mass is 543 g/mol. The molecule has 1 atom stereocenters. The van der Waals surface area contributed by atoms with Gasteiger partial charge in [-0.3, -0.25) is 13.9 Å². The number of hydrogen-bond acceptors (Lipinski definition) is 5. The van der Waals surface area contributed by atoms with E-state index in [1.165, 1.54) is 12.0 Å². The van der Waals surface area contributed by atoms with Gasteiger partial charge >= 0.3 is 0 Å². The first-order chi connectivity index (χ1) is 16.1. The van der Waals surface area contributed by atoms with Crippen LogP contribution in [-0.4, -0.2) is 56.6 Å². The molecule has 8 nitrogen and oxygen atoms in total. The van der Waals surface area contributed by atoms with Gasteiger partial charge in [0.1, 0.15) is 18.3 Å².